The summed E-state index contributed by atoms with van der Waals surface area (Å²) >= 11 is 12.0. The Bertz CT molecular complexity index is 422. The van der Waals surface area contributed by atoms with Crippen molar-refractivity contribution in [3.63, 3.8) is 0 Å². The zero-order valence-electron chi connectivity index (χ0n) is 11.3. The minimum atomic E-state index is 0.0680. The normalized spacial score (nSPS) is 10.8. The van der Waals surface area contributed by atoms with E-state index in [0.29, 0.717) is 35.5 Å². The zero-order chi connectivity index (χ0) is 14.3. The second-order valence-corrected chi connectivity index (χ2v) is 5.62. The lowest BCUT2D eigenvalue weighted by atomic mass is 10.2. The van der Waals surface area contributed by atoms with E-state index >= 15 is 0 Å². The van der Waals surface area contributed by atoms with Gasteiger partial charge in [0.2, 0.25) is 5.91 Å². The molecule has 2 N–H and O–H groups in total. The first-order chi connectivity index (χ1) is 9.00. The lowest BCUT2D eigenvalue weighted by Gasteiger charge is -2.09. The molecule has 0 heterocycles. The minimum Gasteiger partial charge on any atom is -0.356 e. The van der Waals surface area contributed by atoms with E-state index in [-0.39, 0.29) is 5.91 Å². The van der Waals surface area contributed by atoms with Gasteiger partial charge >= 0.3 is 0 Å². The van der Waals surface area contributed by atoms with Gasteiger partial charge in [0.05, 0.1) is 10.0 Å². The molecular weight excluding hydrogens is 283 g/mol. The summed E-state index contributed by atoms with van der Waals surface area (Å²) in [7, 11) is 0. The summed E-state index contributed by atoms with van der Waals surface area (Å²) in [5, 5.41) is 7.18. The van der Waals surface area contributed by atoms with Crippen LogP contribution in [0.5, 0.6) is 0 Å². The zero-order valence-corrected chi connectivity index (χ0v) is 12.8. The quantitative estimate of drug-likeness (QED) is 0.759. The molecule has 5 heteroatoms. The summed E-state index contributed by atoms with van der Waals surface area (Å²) in [6.07, 6.45) is 0.463. The molecule has 0 aliphatic rings. The molecule has 3 nitrogen and oxygen atoms in total. The Morgan fingerprint density at radius 3 is 2.74 bits per heavy atom. The van der Waals surface area contributed by atoms with Crippen LogP contribution in [-0.2, 0) is 11.3 Å². The molecule has 0 radical (unpaired) electrons. The van der Waals surface area contributed by atoms with Crippen LogP contribution < -0.4 is 10.6 Å². The van der Waals surface area contributed by atoms with E-state index in [0.717, 1.165) is 12.1 Å². The van der Waals surface area contributed by atoms with Crippen molar-refractivity contribution < 1.29 is 4.79 Å². The van der Waals surface area contributed by atoms with Gasteiger partial charge in [0.25, 0.3) is 0 Å². The predicted molar refractivity (Wildman–Crippen MR) is 80.6 cm³/mol. The Morgan fingerprint density at radius 2 is 2.05 bits per heavy atom. The lowest BCUT2D eigenvalue weighted by molar-refractivity contribution is -0.121. The number of nitrogens with one attached hydrogen (secondary N) is 2. The van der Waals surface area contributed by atoms with Crippen LogP contribution in [0.15, 0.2) is 18.2 Å². The van der Waals surface area contributed by atoms with E-state index in [4.69, 9.17) is 23.2 Å². The fraction of sp³-hybridized carbons (Fsp3) is 0.500. The third-order valence-corrected chi connectivity index (χ3v) is 3.44. The van der Waals surface area contributed by atoms with Crippen molar-refractivity contribution in [3.8, 4) is 0 Å². The third kappa shape index (κ3) is 6.28. The second kappa shape index (κ2) is 8.41. The number of hydrogen-bond acceptors (Lipinski definition) is 2. The maximum absolute atomic E-state index is 11.5. The van der Waals surface area contributed by atoms with Crippen molar-refractivity contribution in [2.45, 2.75) is 26.8 Å². The molecule has 1 aromatic rings. The third-order valence-electron chi connectivity index (χ3n) is 2.58. The van der Waals surface area contributed by atoms with Gasteiger partial charge in [-0.05, 0) is 17.5 Å². The molecule has 0 fully saturated rings. The Morgan fingerprint density at radius 1 is 1.32 bits per heavy atom. The van der Waals surface area contributed by atoms with Gasteiger partial charge in [-0.3, -0.25) is 4.79 Å². The van der Waals surface area contributed by atoms with Gasteiger partial charge < -0.3 is 10.6 Å². The monoisotopic (exact) mass is 302 g/mol. The van der Waals surface area contributed by atoms with Crippen molar-refractivity contribution in [1.82, 2.24) is 10.6 Å². The van der Waals surface area contributed by atoms with E-state index < -0.39 is 0 Å². The van der Waals surface area contributed by atoms with E-state index in [1.807, 2.05) is 12.1 Å². The number of amides is 1. The molecule has 0 aromatic heterocycles. The van der Waals surface area contributed by atoms with Gasteiger partial charge in [0.15, 0.2) is 0 Å². The molecule has 106 valence electrons. The molecule has 1 amide bonds. The first kappa shape index (κ1) is 16.3. The molecule has 1 rings (SSSR count). The van der Waals surface area contributed by atoms with Crippen LogP contribution >= 0.6 is 23.2 Å². The summed E-state index contributed by atoms with van der Waals surface area (Å²) in [5.74, 6) is 0.542. The van der Waals surface area contributed by atoms with Gasteiger partial charge in [-0.1, -0.05) is 49.2 Å². The van der Waals surface area contributed by atoms with Crippen molar-refractivity contribution in [1.29, 1.82) is 0 Å². The average molecular weight is 303 g/mol. The highest BCUT2D eigenvalue weighted by Gasteiger charge is 2.05. The number of rotatable bonds is 7. The first-order valence-corrected chi connectivity index (χ1v) is 7.16. The van der Waals surface area contributed by atoms with Crippen LogP contribution in [0.2, 0.25) is 10.0 Å². The fourth-order valence-corrected chi connectivity index (χ4v) is 1.90. The van der Waals surface area contributed by atoms with E-state index in [9.17, 15) is 4.79 Å². The van der Waals surface area contributed by atoms with Gasteiger partial charge in [-0.25, -0.2) is 0 Å². The second-order valence-electron chi connectivity index (χ2n) is 4.84. The SMILES string of the molecule is CC(C)CNC(=O)CCNCc1cccc(Cl)c1Cl. The van der Waals surface area contributed by atoms with Crippen LogP contribution in [0, 0.1) is 5.92 Å². The molecule has 0 aliphatic carbocycles. The standard InChI is InChI=1S/C14H20Cl2N2O/c1-10(2)8-18-13(19)6-7-17-9-11-4-3-5-12(15)14(11)16/h3-5,10,17H,6-9H2,1-2H3,(H,18,19). The summed E-state index contributed by atoms with van der Waals surface area (Å²) in [6, 6.07) is 5.54. The highest BCUT2D eigenvalue weighted by molar-refractivity contribution is 6.42. The van der Waals surface area contributed by atoms with Gasteiger partial charge in [0, 0.05) is 26.1 Å². The minimum absolute atomic E-state index is 0.0680. The highest BCUT2D eigenvalue weighted by Crippen LogP contribution is 2.25. The number of halogens is 2. The Balaban J connectivity index is 2.24. The van der Waals surface area contributed by atoms with E-state index in [1.54, 1.807) is 6.07 Å². The molecule has 0 unspecified atom stereocenters. The van der Waals surface area contributed by atoms with E-state index in [1.165, 1.54) is 0 Å². The molecule has 0 atom stereocenters. The number of carbonyl (C=O) groups excluding carboxylic acids is 1. The topological polar surface area (TPSA) is 41.1 Å². The Kier molecular flexibility index (Phi) is 7.21. The van der Waals surface area contributed by atoms with Crippen LogP contribution in [0.25, 0.3) is 0 Å². The summed E-state index contributed by atoms with van der Waals surface area (Å²) < 4.78 is 0. The molecule has 0 aliphatic heterocycles. The first-order valence-electron chi connectivity index (χ1n) is 6.41. The van der Waals surface area contributed by atoms with Crippen LogP contribution in [0.1, 0.15) is 25.8 Å². The molecular formula is C14H20Cl2N2O. The van der Waals surface area contributed by atoms with Crippen LogP contribution in [0.3, 0.4) is 0 Å². The Hall–Kier alpha value is -0.770. The van der Waals surface area contributed by atoms with Crippen LogP contribution in [0.4, 0.5) is 0 Å². The average Bonchev–Trinajstić information content (AvgIpc) is 2.37. The van der Waals surface area contributed by atoms with Crippen molar-refractivity contribution >= 4 is 29.1 Å². The summed E-state index contributed by atoms with van der Waals surface area (Å²) in [6.45, 7) is 6.09. The molecule has 0 bridgehead atoms. The lowest BCUT2D eigenvalue weighted by Crippen LogP contribution is -2.30. The number of hydrogen-bond donors (Lipinski definition) is 2. The fourth-order valence-electron chi connectivity index (χ4n) is 1.52. The predicted octanol–water partition coefficient (Wildman–Crippen LogP) is 3.25. The van der Waals surface area contributed by atoms with Gasteiger partial charge in [-0.15, -0.1) is 0 Å². The number of benzene rings is 1. The van der Waals surface area contributed by atoms with Crippen molar-refractivity contribution in [3.05, 3.63) is 33.8 Å². The van der Waals surface area contributed by atoms with Gasteiger partial charge in [0.1, 0.15) is 0 Å². The Labute approximate surface area is 124 Å². The summed E-state index contributed by atoms with van der Waals surface area (Å²) in [4.78, 5) is 11.5. The smallest absolute Gasteiger partial charge is 0.221 e. The maximum Gasteiger partial charge on any atom is 0.221 e. The molecule has 0 saturated carbocycles. The van der Waals surface area contributed by atoms with Crippen molar-refractivity contribution in [2.24, 2.45) is 5.92 Å². The highest BCUT2D eigenvalue weighted by atomic mass is 35.5. The molecule has 0 saturated heterocycles. The maximum atomic E-state index is 11.5. The van der Waals surface area contributed by atoms with Crippen molar-refractivity contribution in [2.75, 3.05) is 13.1 Å². The number of carbonyl (C=O) groups is 1. The van der Waals surface area contributed by atoms with Gasteiger partial charge in [-0.2, -0.15) is 0 Å². The van der Waals surface area contributed by atoms with E-state index in [2.05, 4.69) is 24.5 Å². The summed E-state index contributed by atoms with van der Waals surface area (Å²) in [5.41, 5.74) is 0.941. The molecule has 1 aromatic carbocycles. The molecule has 0 spiro atoms. The van der Waals surface area contributed by atoms with Crippen LogP contribution in [-0.4, -0.2) is 19.0 Å². The largest absolute Gasteiger partial charge is 0.356 e. The molecule has 19 heavy (non-hydrogen) atoms.